The minimum absolute atomic E-state index is 0.149. The fourth-order valence-electron chi connectivity index (χ4n) is 2.48. The second kappa shape index (κ2) is 10.3. The van der Waals surface area contributed by atoms with Crippen molar-refractivity contribution in [1.29, 1.82) is 0 Å². The normalized spacial score (nSPS) is 11.7. The van der Waals surface area contributed by atoms with Crippen LogP contribution in [-0.2, 0) is 22.6 Å². The van der Waals surface area contributed by atoms with Gasteiger partial charge in [0.05, 0.1) is 6.61 Å². The van der Waals surface area contributed by atoms with E-state index in [9.17, 15) is 22.8 Å². The number of hydrogen-bond acceptors (Lipinski definition) is 4. The van der Waals surface area contributed by atoms with Gasteiger partial charge in [0.25, 0.3) is 5.91 Å². The molecule has 0 atom stereocenters. The van der Waals surface area contributed by atoms with E-state index in [2.05, 4.69) is 15.4 Å². The summed E-state index contributed by atoms with van der Waals surface area (Å²) in [6.45, 7) is 4.03. The average Bonchev–Trinajstić information content (AvgIpc) is 2.65. The lowest BCUT2D eigenvalue weighted by Crippen LogP contribution is -2.27. The highest BCUT2D eigenvalue weighted by atomic mass is 19.4. The zero-order chi connectivity index (χ0) is 23.1. The van der Waals surface area contributed by atoms with Crippen LogP contribution in [0, 0.1) is 0 Å². The van der Waals surface area contributed by atoms with Crippen molar-refractivity contribution < 1.29 is 32.2 Å². The summed E-state index contributed by atoms with van der Waals surface area (Å²) in [7, 11) is 0. The molecule has 2 N–H and O–H groups in total. The third kappa shape index (κ3) is 9.52. The van der Waals surface area contributed by atoms with Gasteiger partial charge < -0.3 is 14.8 Å². The Morgan fingerprint density at radius 2 is 1.61 bits per heavy atom. The quantitative estimate of drug-likeness (QED) is 0.635. The molecule has 9 heteroatoms. The van der Waals surface area contributed by atoms with Crippen molar-refractivity contribution in [2.24, 2.45) is 0 Å². The zero-order valence-corrected chi connectivity index (χ0v) is 17.5. The molecular weight excluding hydrogens is 413 g/mol. The number of amides is 2. The Morgan fingerprint density at radius 3 is 2.23 bits per heavy atom. The molecule has 0 saturated heterocycles. The number of ether oxygens (including phenoxy) is 2. The van der Waals surface area contributed by atoms with Crippen LogP contribution >= 0.6 is 0 Å². The van der Waals surface area contributed by atoms with Crippen molar-refractivity contribution in [3.63, 3.8) is 0 Å². The first-order chi connectivity index (χ1) is 14.4. The number of hydrogen-bond donors (Lipinski definition) is 2. The maximum absolute atomic E-state index is 12.4. The number of carbonyl (C=O) groups excluding carboxylic acids is 2. The van der Waals surface area contributed by atoms with E-state index in [0.717, 1.165) is 5.56 Å². The van der Waals surface area contributed by atoms with Gasteiger partial charge in [-0.3, -0.25) is 10.1 Å². The maximum atomic E-state index is 12.4. The standard InChI is InChI=1S/C22H25F3N2O4/c1-21(2,3)31-20(29)27-18-6-4-5-17(11-18)19(28)26-12-15-7-9-16(10-8-15)13-30-14-22(23,24)25/h4-11H,12-14H2,1-3H3,(H,26,28)(H,27,29). The second-order valence-corrected chi connectivity index (χ2v) is 7.81. The maximum Gasteiger partial charge on any atom is 0.412 e. The molecule has 0 aliphatic carbocycles. The zero-order valence-electron chi connectivity index (χ0n) is 17.5. The first-order valence-electron chi connectivity index (χ1n) is 9.52. The molecule has 0 spiro atoms. The fourth-order valence-corrected chi connectivity index (χ4v) is 2.48. The second-order valence-electron chi connectivity index (χ2n) is 7.81. The molecule has 0 aliphatic rings. The van der Waals surface area contributed by atoms with Crippen molar-refractivity contribution in [3.05, 3.63) is 65.2 Å². The molecule has 2 aromatic rings. The number of carbonyl (C=O) groups is 2. The summed E-state index contributed by atoms with van der Waals surface area (Å²) in [6.07, 6.45) is -4.98. The number of anilines is 1. The smallest absolute Gasteiger partial charge is 0.412 e. The molecule has 2 amide bonds. The predicted octanol–water partition coefficient (Wildman–Crippen LogP) is 5.04. The molecule has 2 aromatic carbocycles. The molecule has 6 nitrogen and oxygen atoms in total. The number of rotatable bonds is 7. The van der Waals surface area contributed by atoms with Gasteiger partial charge >= 0.3 is 12.3 Å². The highest BCUT2D eigenvalue weighted by Gasteiger charge is 2.27. The SMILES string of the molecule is CC(C)(C)OC(=O)Nc1cccc(C(=O)NCc2ccc(COCC(F)(F)F)cc2)c1. The van der Waals surface area contributed by atoms with E-state index in [1.165, 1.54) is 6.07 Å². The largest absolute Gasteiger partial charge is 0.444 e. The Balaban J connectivity index is 1.86. The molecule has 0 radical (unpaired) electrons. The van der Waals surface area contributed by atoms with Crippen LogP contribution in [0.1, 0.15) is 42.3 Å². The van der Waals surface area contributed by atoms with Crippen LogP contribution in [0.4, 0.5) is 23.7 Å². The van der Waals surface area contributed by atoms with Crippen LogP contribution in [0.3, 0.4) is 0 Å². The molecule has 0 bridgehead atoms. The van der Waals surface area contributed by atoms with E-state index in [4.69, 9.17) is 4.74 Å². The lowest BCUT2D eigenvalue weighted by atomic mass is 10.1. The molecule has 31 heavy (non-hydrogen) atoms. The lowest BCUT2D eigenvalue weighted by molar-refractivity contribution is -0.176. The molecule has 0 fully saturated rings. The van der Waals surface area contributed by atoms with E-state index in [-0.39, 0.29) is 19.1 Å². The molecule has 2 rings (SSSR count). The number of halogens is 3. The topological polar surface area (TPSA) is 76.7 Å². The predicted molar refractivity (Wildman–Crippen MR) is 110 cm³/mol. The summed E-state index contributed by atoms with van der Waals surface area (Å²) in [5.41, 5.74) is 1.51. The molecule has 0 saturated carbocycles. The fraction of sp³-hybridized carbons (Fsp3) is 0.364. The Labute approximate surface area is 178 Å². The molecule has 0 heterocycles. The van der Waals surface area contributed by atoms with Crippen molar-refractivity contribution in [1.82, 2.24) is 5.32 Å². The van der Waals surface area contributed by atoms with Gasteiger partial charge in [-0.1, -0.05) is 30.3 Å². The molecule has 0 aliphatic heterocycles. The van der Waals surface area contributed by atoms with Crippen LogP contribution in [0.15, 0.2) is 48.5 Å². The number of benzene rings is 2. The first-order valence-corrected chi connectivity index (χ1v) is 9.52. The van der Waals surface area contributed by atoms with Gasteiger partial charge in [0, 0.05) is 17.8 Å². The summed E-state index contributed by atoms with van der Waals surface area (Å²) in [5, 5.41) is 5.33. The Hall–Kier alpha value is -3.07. The van der Waals surface area contributed by atoms with Gasteiger partial charge in [-0.15, -0.1) is 0 Å². The summed E-state index contributed by atoms with van der Waals surface area (Å²) >= 11 is 0. The van der Waals surface area contributed by atoms with Crippen LogP contribution in [-0.4, -0.2) is 30.4 Å². The highest BCUT2D eigenvalue weighted by molar-refractivity contribution is 5.96. The van der Waals surface area contributed by atoms with Crippen molar-refractivity contribution in [3.8, 4) is 0 Å². The van der Waals surface area contributed by atoms with E-state index in [0.29, 0.717) is 16.8 Å². The third-order valence-corrected chi connectivity index (χ3v) is 3.78. The minimum Gasteiger partial charge on any atom is -0.444 e. The van der Waals surface area contributed by atoms with Crippen molar-refractivity contribution >= 4 is 17.7 Å². The van der Waals surface area contributed by atoms with Crippen LogP contribution in [0.2, 0.25) is 0 Å². The van der Waals surface area contributed by atoms with Crippen LogP contribution in [0.25, 0.3) is 0 Å². The number of nitrogens with one attached hydrogen (secondary N) is 2. The summed E-state index contributed by atoms with van der Waals surface area (Å²) < 4.78 is 46.1. The van der Waals surface area contributed by atoms with E-state index in [1.807, 2.05) is 0 Å². The monoisotopic (exact) mass is 438 g/mol. The molecule has 168 valence electrons. The van der Waals surface area contributed by atoms with Gasteiger partial charge in [-0.05, 0) is 50.1 Å². The van der Waals surface area contributed by atoms with E-state index < -0.39 is 24.5 Å². The molecular formula is C22H25F3N2O4. The Kier molecular flexibility index (Phi) is 8.04. The van der Waals surface area contributed by atoms with E-state index >= 15 is 0 Å². The van der Waals surface area contributed by atoms with Gasteiger partial charge in [0.15, 0.2) is 0 Å². The minimum atomic E-state index is -4.36. The summed E-state index contributed by atoms with van der Waals surface area (Å²) in [4.78, 5) is 24.3. The van der Waals surface area contributed by atoms with Gasteiger partial charge in [-0.25, -0.2) is 4.79 Å². The average molecular weight is 438 g/mol. The third-order valence-electron chi connectivity index (χ3n) is 3.78. The summed E-state index contributed by atoms with van der Waals surface area (Å²) in [6, 6.07) is 13.1. The molecule has 0 aromatic heterocycles. The van der Waals surface area contributed by atoms with Gasteiger partial charge in [-0.2, -0.15) is 13.2 Å². The van der Waals surface area contributed by atoms with Gasteiger partial charge in [0.2, 0.25) is 0 Å². The van der Waals surface area contributed by atoms with Gasteiger partial charge in [0.1, 0.15) is 12.2 Å². The number of alkyl halides is 3. The highest BCUT2D eigenvalue weighted by Crippen LogP contribution is 2.16. The van der Waals surface area contributed by atoms with Crippen LogP contribution in [0.5, 0.6) is 0 Å². The van der Waals surface area contributed by atoms with E-state index in [1.54, 1.807) is 63.2 Å². The Morgan fingerprint density at radius 1 is 0.968 bits per heavy atom. The first kappa shape index (κ1) is 24.2. The molecule has 0 unspecified atom stereocenters. The van der Waals surface area contributed by atoms with Crippen LogP contribution < -0.4 is 10.6 Å². The Bertz CT molecular complexity index is 891. The lowest BCUT2D eigenvalue weighted by Gasteiger charge is -2.19. The van der Waals surface area contributed by atoms with Crippen molar-refractivity contribution in [2.45, 2.75) is 45.7 Å². The van der Waals surface area contributed by atoms with Crippen molar-refractivity contribution in [2.75, 3.05) is 11.9 Å². The summed E-state index contributed by atoms with van der Waals surface area (Å²) in [5.74, 6) is -0.342.